The number of thiazole rings is 1. The molecule has 7 nitrogen and oxygen atoms in total. The number of aromatic nitrogens is 1. The van der Waals surface area contributed by atoms with Crippen molar-refractivity contribution < 1.29 is 13.2 Å². The van der Waals surface area contributed by atoms with Crippen LogP contribution in [0.2, 0.25) is 4.34 Å². The molecule has 3 heterocycles. The van der Waals surface area contributed by atoms with Crippen LogP contribution in [0.1, 0.15) is 25.5 Å². The van der Waals surface area contributed by atoms with Gasteiger partial charge in [0.05, 0.1) is 16.6 Å². The molecule has 1 aliphatic rings. The summed E-state index contributed by atoms with van der Waals surface area (Å²) in [7, 11) is -2.37. The number of anilines is 1. The van der Waals surface area contributed by atoms with Crippen LogP contribution >= 0.6 is 34.3 Å². The Morgan fingerprint density at radius 2 is 2.11 bits per heavy atom. The van der Waals surface area contributed by atoms with Gasteiger partial charge >= 0.3 is 0 Å². The number of nitrogens with one attached hydrogen (secondary N) is 1. The van der Waals surface area contributed by atoms with Crippen molar-refractivity contribution in [2.24, 2.45) is 5.92 Å². The van der Waals surface area contributed by atoms with E-state index in [0.717, 1.165) is 46.9 Å². The molecule has 2 aromatic rings. The van der Waals surface area contributed by atoms with Crippen LogP contribution in [0.5, 0.6) is 0 Å². The van der Waals surface area contributed by atoms with Crippen molar-refractivity contribution >= 4 is 55.3 Å². The number of hydrogen-bond acceptors (Lipinski definition) is 7. The van der Waals surface area contributed by atoms with E-state index in [-0.39, 0.29) is 10.8 Å². The summed E-state index contributed by atoms with van der Waals surface area (Å²) in [4.78, 5) is 19.1. The number of piperidine rings is 1. The van der Waals surface area contributed by atoms with Crippen molar-refractivity contribution in [1.29, 1.82) is 0 Å². The second kappa shape index (κ2) is 9.19. The molecule has 0 saturated carbocycles. The van der Waals surface area contributed by atoms with Crippen LogP contribution in [0.4, 0.5) is 5.13 Å². The van der Waals surface area contributed by atoms with E-state index in [1.54, 1.807) is 0 Å². The van der Waals surface area contributed by atoms with Crippen LogP contribution in [0, 0.1) is 5.92 Å². The first-order valence-corrected chi connectivity index (χ1v) is 12.4. The van der Waals surface area contributed by atoms with Crippen molar-refractivity contribution in [1.82, 2.24) is 14.2 Å². The highest BCUT2D eigenvalue weighted by molar-refractivity contribution is 7.91. The maximum Gasteiger partial charge on any atom is 0.252 e. The van der Waals surface area contributed by atoms with Crippen molar-refractivity contribution in [3.05, 3.63) is 27.5 Å². The molecule has 154 valence electrons. The van der Waals surface area contributed by atoms with Crippen LogP contribution in [0.25, 0.3) is 0 Å². The number of sulfonamides is 1. The standard InChI is InChI=1S/C17H23ClN4O3S3/c1-12-5-7-22(8-6-12)9-13-11-26-17(19-13)20-15(23)10-21(2)28(24,25)16-4-3-14(18)27-16/h3-4,11-12H,5-10H2,1-2H3,(H,19,20,23). The van der Waals surface area contributed by atoms with E-state index in [1.165, 1.54) is 43.4 Å². The molecule has 0 spiro atoms. The fourth-order valence-corrected chi connectivity index (χ4v) is 6.46. The number of rotatable bonds is 7. The Labute approximate surface area is 178 Å². The van der Waals surface area contributed by atoms with Gasteiger partial charge in [0, 0.05) is 19.0 Å². The Bertz CT molecular complexity index is 920. The number of thiophene rings is 1. The lowest BCUT2D eigenvalue weighted by Crippen LogP contribution is -2.34. The van der Waals surface area contributed by atoms with Gasteiger partial charge in [-0.05, 0) is 44.0 Å². The van der Waals surface area contributed by atoms with Crippen LogP contribution in [0.3, 0.4) is 0 Å². The predicted molar refractivity (Wildman–Crippen MR) is 114 cm³/mol. The Hall–Kier alpha value is -1.04. The zero-order chi connectivity index (χ0) is 20.3. The lowest BCUT2D eigenvalue weighted by atomic mass is 9.99. The molecule has 0 bridgehead atoms. The molecule has 1 fully saturated rings. The third kappa shape index (κ3) is 5.52. The molecular weight excluding hydrogens is 440 g/mol. The molecule has 1 aliphatic heterocycles. The molecule has 1 amide bonds. The molecule has 2 aromatic heterocycles. The average molecular weight is 463 g/mol. The first-order valence-electron chi connectivity index (χ1n) is 8.92. The second-order valence-corrected chi connectivity index (χ2v) is 11.8. The Kier molecular flexibility index (Phi) is 7.11. The summed E-state index contributed by atoms with van der Waals surface area (Å²) in [5.74, 6) is 0.349. The van der Waals surface area contributed by atoms with Gasteiger partial charge in [0.15, 0.2) is 5.13 Å². The molecule has 0 aliphatic carbocycles. The minimum Gasteiger partial charge on any atom is -0.301 e. The number of carbonyl (C=O) groups is 1. The number of likely N-dealkylation sites (tertiary alicyclic amines) is 1. The lowest BCUT2D eigenvalue weighted by Gasteiger charge is -2.29. The molecule has 1 saturated heterocycles. The molecule has 11 heteroatoms. The average Bonchev–Trinajstić information content (AvgIpc) is 3.26. The van der Waals surface area contributed by atoms with Gasteiger partial charge in [0.25, 0.3) is 10.0 Å². The Morgan fingerprint density at radius 3 is 2.75 bits per heavy atom. The third-order valence-electron chi connectivity index (χ3n) is 4.64. The first kappa shape index (κ1) is 21.7. The third-order valence-corrected chi connectivity index (χ3v) is 8.95. The molecule has 3 rings (SSSR count). The molecule has 0 aromatic carbocycles. The highest BCUT2D eigenvalue weighted by Gasteiger charge is 2.25. The normalized spacial score (nSPS) is 16.6. The van der Waals surface area contributed by atoms with Gasteiger partial charge in [-0.1, -0.05) is 18.5 Å². The van der Waals surface area contributed by atoms with Gasteiger partial charge in [-0.25, -0.2) is 13.4 Å². The number of amides is 1. The molecule has 0 unspecified atom stereocenters. The zero-order valence-electron chi connectivity index (χ0n) is 15.7. The quantitative estimate of drug-likeness (QED) is 0.682. The molecule has 1 N–H and O–H groups in total. The molecule has 0 radical (unpaired) electrons. The fourth-order valence-electron chi connectivity index (χ4n) is 2.92. The Morgan fingerprint density at radius 1 is 1.39 bits per heavy atom. The highest BCUT2D eigenvalue weighted by atomic mass is 35.5. The van der Waals surface area contributed by atoms with Gasteiger partial charge in [0.1, 0.15) is 4.21 Å². The van der Waals surface area contributed by atoms with Crippen molar-refractivity contribution in [2.45, 2.75) is 30.5 Å². The number of hydrogen-bond donors (Lipinski definition) is 1. The first-order chi connectivity index (χ1) is 13.2. The molecule has 0 atom stereocenters. The predicted octanol–water partition coefficient (Wildman–Crippen LogP) is 3.35. The van der Waals surface area contributed by atoms with Gasteiger partial charge in [-0.15, -0.1) is 22.7 Å². The number of halogens is 1. The van der Waals surface area contributed by atoms with E-state index >= 15 is 0 Å². The van der Waals surface area contributed by atoms with Gasteiger partial charge in [-0.3, -0.25) is 9.69 Å². The fraction of sp³-hybridized carbons (Fsp3) is 0.529. The van der Waals surface area contributed by atoms with E-state index in [1.807, 2.05) is 5.38 Å². The lowest BCUT2D eigenvalue weighted by molar-refractivity contribution is -0.116. The Balaban J connectivity index is 1.53. The summed E-state index contributed by atoms with van der Waals surface area (Å²) in [5.41, 5.74) is 0.920. The van der Waals surface area contributed by atoms with E-state index in [2.05, 4.69) is 22.1 Å². The summed E-state index contributed by atoms with van der Waals surface area (Å²) < 4.78 is 26.4. The zero-order valence-corrected chi connectivity index (χ0v) is 18.9. The van der Waals surface area contributed by atoms with Crippen molar-refractivity contribution in [2.75, 3.05) is 32.0 Å². The topological polar surface area (TPSA) is 82.6 Å². The SMILES string of the molecule is CC1CCN(Cc2csc(NC(=O)CN(C)S(=O)(=O)c3ccc(Cl)s3)n2)CC1. The summed E-state index contributed by atoms with van der Waals surface area (Å²) in [6.07, 6.45) is 2.40. The van der Waals surface area contributed by atoms with Crippen LogP contribution in [-0.2, 0) is 21.4 Å². The summed E-state index contributed by atoms with van der Waals surface area (Å²) >= 11 is 8.12. The molecular formula is C17H23ClN4O3S3. The molecule has 28 heavy (non-hydrogen) atoms. The maximum atomic E-state index is 12.5. The van der Waals surface area contributed by atoms with E-state index in [0.29, 0.717) is 9.47 Å². The minimum absolute atomic E-state index is 0.111. The van der Waals surface area contributed by atoms with E-state index in [9.17, 15) is 13.2 Å². The van der Waals surface area contributed by atoms with Crippen LogP contribution < -0.4 is 5.32 Å². The number of nitrogens with zero attached hydrogens (tertiary/aromatic N) is 3. The largest absolute Gasteiger partial charge is 0.301 e. The highest BCUT2D eigenvalue weighted by Crippen LogP contribution is 2.27. The van der Waals surface area contributed by atoms with Crippen molar-refractivity contribution in [3.63, 3.8) is 0 Å². The smallest absolute Gasteiger partial charge is 0.252 e. The number of carbonyl (C=O) groups excluding carboxylic acids is 1. The van der Waals surface area contributed by atoms with E-state index in [4.69, 9.17) is 11.6 Å². The van der Waals surface area contributed by atoms with Gasteiger partial charge in [-0.2, -0.15) is 4.31 Å². The van der Waals surface area contributed by atoms with E-state index < -0.39 is 15.9 Å². The monoisotopic (exact) mass is 462 g/mol. The van der Waals surface area contributed by atoms with Gasteiger partial charge in [0.2, 0.25) is 5.91 Å². The summed E-state index contributed by atoms with van der Waals surface area (Å²) in [6, 6.07) is 2.96. The number of likely N-dealkylation sites (N-methyl/N-ethyl adjacent to an activating group) is 1. The van der Waals surface area contributed by atoms with Gasteiger partial charge < -0.3 is 5.32 Å². The summed E-state index contributed by atoms with van der Waals surface area (Å²) in [6.45, 7) is 4.88. The maximum absolute atomic E-state index is 12.5. The van der Waals surface area contributed by atoms with Crippen LogP contribution in [0.15, 0.2) is 21.7 Å². The van der Waals surface area contributed by atoms with Crippen LogP contribution in [-0.4, -0.2) is 55.2 Å². The minimum atomic E-state index is -3.74. The second-order valence-electron chi connectivity index (χ2n) is 6.97. The van der Waals surface area contributed by atoms with Crippen molar-refractivity contribution in [3.8, 4) is 0 Å². The summed E-state index contributed by atoms with van der Waals surface area (Å²) in [5, 5.41) is 5.10.